The third kappa shape index (κ3) is 9.21. The summed E-state index contributed by atoms with van der Waals surface area (Å²) in [6.07, 6.45) is 12.2. The Morgan fingerprint density at radius 3 is 2.24 bits per heavy atom. The van der Waals surface area contributed by atoms with Crippen LogP contribution in [0.2, 0.25) is 0 Å². The molecule has 0 spiro atoms. The summed E-state index contributed by atoms with van der Waals surface area (Å²) in [6.45, 7) is 4.45. The van der Waals surface area contributed by atoms with Crippen LogP contribution in [0.3, 0.4) is 0 Å². The molecule has 0 amide bonds. The van der Waals surface area contributed by atoms with Crippen LogP contribution in [0, 0.1) is 6.92 Å². The maximum Gasteiger partial charge on any atom is 0.0133 e. The summed E-state index contributed by atoms with van der Waals surface area (Å²) in [6, 6.07) is 8.92. The fourth-order valence-electron chi connectivity index (χ4n) is 2.54. The maximum absolute atomic E-state index is 6.23. The van der Waals surface area contributed by atoms with Crippen LogP contribution in [0.25, 0.3) is 0 Å². The highest BCUT2D eigenvalue weighted by Crippen LogP contribution is 2.23. The molecule has 1 rings (SSSR count). The van der Waals surface area contributed by atoms with E-state index in [4.69, 9.17) is 5.73 Å². The van der Waals surface area contributed by atoms with Crippen molar-refractivity contribution < 1.29 is 0 Å². The highest BCUT2D eigenvalue weighted by atomic mass is 32.2. The second kappa shape index (κ2) is 12.1. The molecule has 0 aliphatic carbocycles. The lowest BCUT2D eigenvalue weighted by molar-refractivity contribution is 0.543. The number of aryl methyl sites for hydroxylation is 1. The molecule has 21 heavy (non-hydrogen) atoms. The molecule has 1 atom stereocenters. The molecule has 0 saturated heterocycles. The first-order chi connectivity index (χ1) is 10.2. The summed E-state index contributed by atoms with van der Waals surface area (Å²) in [5.74, 6) is 1.04. The van der Waals surface area contributed by atoms with Gasteiger partial charge in [-0.05, 0) is 25.0 Å². The van der Waals surface area contributed by atoms with Crippen molar-refractivity contribution in [3.8, 4) is 0 Å². The minimum Gasteiger partial charge on any atom is -0.327 e. The molecule has 1 unspecified atom stereocenters. The Bertz CT molecular complexity index is 364. The molecule has 120 valence electrons. The Morgan fingerprint density at radius 1 is 0.952 bits per heavy atom. The number of nitrogens with two attached hydrogens (primary N) is 1. The van der Waals surface area contributed by atoms with E-state index in [1.807, 2.05) is 11.8 Å². The molecule has 1 aromatic rings. The van der Waals surface area contributed by atoms with Gasteiger partial charge in [0.05, 0.1) is 0 Å². The first-order valence-electron chi connectivity index (χ1n) is 8.68. The molecule has 0 saturated carbocycles. The van der Waals surface area contributed by atoms with E-state index >= 15 is 0 Å². The summed E-state index contributed by atoms with van der Waals surface area (Å²) >= 11 is 1.91. The average Bonchev–Trinajstić information content (AvgIpc) is 2.49. The van der Waals surface area contributed by atoms with Crippen molar-refractivity contribution in [3.05, 3.63) is 29.8 Å². The summed E-state index contributed by atoms with van der Waals surface area (Å²) in [5, 5.41) is 0. The maximum atomic E-state index is 6.23. The summed E-state index contributed by atoms with van der Waals surface area (Å²) in [4.78, 5) is 1.38. The van der Waals surface area contributed by atoms with Gasteiger partial charge < -0.3 is 5.73 Å². The van der Waals surface area contributed by atoms with E-state index in [1.165, 1.54) is 68.2 Å². The van der Waals surface area contributed by atoms with Gasteiger partial charge in [-0.25, -0.2) is 0 Å². The second-order valence-corrected chi connectivity index (χ2v) is 7.16. The average molecular weight is 308 g/mol. The Labute approximate surface area is 136 Å². The first-order valence-corrected chi connectivity index (χ1v) is 9.66. The standard InChI is InChI=1S/C19H33NS/c1-3-4-5-6-7-8-9-10-14-18(20)16-21-19-15-12-11-13-17(19)2/h11-13,15,18H,3-10,14,16,20H2,1-2H3. The lowest BCUT2D eigenvalue weighted by atomic mass is 10.1. The van der Waals surface area contributed by atoms with Crippen molar-refractivity contribution in [2.75, 3.05) is 5.75 Å². The fourth-order valence-corrected chi connectivity index (χ4v) is 3.57. The third-order valence-corrected chi connectivity index (χ3v) is 5.34. The van der Waals surface area contributed by atoms with Gasteiger partial charge in [-0.2, -0.15) is 0 Å². The summed E-state index contributed by atoms with van der Waals surface area (Å²) < 4.78 is 0. The molecule has 0 radical (unpaired) electrons. The van der Waals surface area contributed by atoms with Crippen molar-refractivity contribution in [1.82, 2.24) is 0 Å². The number of benzene rings is 1. The van der Waals surface area contributed by atoms with Crippen molar-refractivity contribution in [3.63, 3.8) is 0 Å². The normalized spacial score (nSPS) is 12.5. The molecule has 1 nitrogen and oxygen atoms in total. The quantitative estimate of drug-likeness (QED) is 0.381. The van der Waals surface area contributed by atoms with Gasteiger partial charge in [0.2, 0.25) is 0 Å². The summed E-state index contributed by atoms with van der Waals surface area (Å²) in [5.41, 5.74) is 7.59. The van der Waals surface area contributed by atoms with E-state index in [-0.39, 0.29) is 0 Å². The Morgan fingerprint density at radius 2 is 1.57 bits per heavy atom. The molecular weight excluding hydrogens is 274 g/mol. The zero-order valence-corrected chi connectivity index (χ0v) is 14.8. The molecule has 0 fully saturated rings. The third-order valence-electron chi connectivity index (χ3n) is 3.97. The Hall–Kier alpha value is -0.470. The van der Waals surface area contributed by atoms with Crippen LogP contribution in [-0.4, -0.2) is 11.8 Å². The van der Waals surface area contributed by atoms with E-state index in [0.29, 0.717) is 6.04 Å². The number of thioether (sulfide) groups is 1. The van der Waals surface area contributed by atoms with Gasteiger partial charge in [-0.1, -0.05) is 76.5 Å². The lowest BCUT2D eigenvalue weighted by Crippen LogP contribution is -2.22. The molecule has 1 aromatic carbocycles. The Balaban J connectivity index is 1.99. The van der Waals surface area contributed by atoms with Crippen LogP contribution in [-0.2, 0) is 0 Å². The molecule has 2 N–H and O–H groups in total. The number of hydrogen-bond donors (Lipinski definition) is 1. The number of rotatable bonds is 12. The first kappa shape index (κ1) is 18.6. The van der Waals surface area contributed by atoms with E-state index < -0.39 is 0 Å². The van der Waals surface area contributed by atoms with Gasteiger partial charge in [0.1, 0.15) is 0 Å². The predicted molar refractivity (Wildman–Crippen MR) is 97.1 cm³/mol. The van der Waals surface area contributed by atoms with Crippen LogP contribution in [0.15, 0.2) is 29.2 Å². The van der Waals surface area contributed by atoms with Crippen molar-refractivity contribution in [2.24, 2.45) is 5.73 Å². The molecule has 0 aromatic heterocycles. The monoisotopic (exact) mass is 307 g/mol. The molecule has 0 heterocycles. The van der Waals surface area contributed by atoms with Gasteiger partial charge in [0.25, 0.3) is 0 Å². The zero-order chi connectivity index (χ0) is 15.3. The van der Waals surface area contributed by atoms with E-state index in [1.54, 1.807) is 0 Å². The van der Waals surface area contributed by atoms with Crippen LogP contribution in [0.4, 0.5) is 0 Å². The highest BCUT2D eigenvalue weighted by molar-refractivity contribution is 7.99. The number of unbranched alkanes of at least 4 members (excludes halogenated alkanes) is 7. The van der Waals surface area contributed by atoms with Gasteiger partial charge >= 0.3 is 0 Å². The van der Waals surface area contributed by atoms with Crippen LogP contribution in [0.1, 0.15) is 70.3 Å². The van der Waals surface area contributed by atoms with Crippen LogP contribution >= 0.6 is 11.8 Å². The lowest BCUT2D eigenvalue weighted by Gasteiger charge is -2.12. The smallest absolute Gasteiger partial charge is 0.0133 e. The highest BCUT2D eigenvalue weighted by Gasteiger charge is 2.05. The van der Waals surface area contributed by atoms with Gasteiger partial charge in [-0.3, -0.25) is 0 Å². The van der Waals surface area contributed by atoms with Gasteiger partial charge in [0.15, 0.2) is 0 Å². The minimum absolute atomic E-state index is 0.342. The zero-order valence-electron chi connectivity index (χ0n) is 13.9. The van der Waals surface area contributed by atoms with Crippen LogP contribution < -0.4 is 5.73 Å². The van der Waals surface area contributed by atoms with Gasteiger partial charge in [-0.15, -0.1) is 11.8 Å². The van der Waals surface area contributed by atoms with Crippen molar-refractivity contribution >= 4 is 11.8 Å². The topological polar surface area (TPSA) is 26.0 Å². The van der Waals surface area contributed by atoms with Gasteiger partial charge in [0, 0.05) is 16.7 Å². The van der Waals surface area contributed by atoms with E-state index in [9.17, 15) is 0 Å². The van der Waals surface area contributed by atoms with Crippen molar-refractivity contribution in [1.29, 1.82) is 0 Å². The van der Waals surface area contributed by atoms with Crippen molar-refractivity contribution in [2.45, 2.75) is 82.6 Å². The fraction of sp³-hybridized carbons (Fsp3) is 0.684. The Kier molecular flexibility index (Phi) is 10.7. The molecule has 2 heteroatoms. The molecular formula is C19H33NS. The van der Waals surface area contributed by atoms with E-state index in [0.717, 1.165) is 5.75 Å². The largest absolute Gasteiger partial charge is 0.327 e. The summed E-state index contributed by atoms with van der Waals surface area (Å²) in [7, 11) is 0. The molecule has 0 aliphatic heterocycles. The number of hydrogen-bond acceptors (Lipinski definition) is 2. The molecule has 0 bridgehead atoms. The second-order valence-electron chi connectivity index (χ2n) is 6.10. The minimum atomic E-state index is 0.342. The van der Waals surface area contributed by atoms with E-state index in [2.05, 4.69) is 38.1 Å². The SMILES string of the molecule is CCCCCCCCCCC(N)CSc1ccccc1C. The van der Waals surface area contributed by atoms with Crippen LogP contribution in [0.5, 0.6) is 0 Å². The molecule has 0 aliphatic rings. The predicted octanol–water partition coefficient (Wildman–Crippen LogP) is 5.95.